The molecule has 1 saturated heterocycles. The average molecular weight is 496 g/mol. The van der Waals surface area contributed by atoms with Crippen LogP contribution in [0, 0.1) is 5.41 Å². The number of pyridine rings is 1. The number of aromatic carboxylic acids is 1. The van der Waals surface area contributed by atoms with Crippen molar-refractivity contribution in [2.45, 2.75) is 38.0 Å². The molecule has 3 aromatic rings. The van der Waals surface area contributed by atoms with E-state index in [1.54, 1.807) is 12.3 Å². The maximum absolute atomic E-state index is 11.1. The second kappa shape index (κ2) is 8.14. The van der Waals surface area contributed by atoms with Crippen molar-refractivity contribution < 1.29 is 14.4 Å². The molecule has 6 nitrogen and oxygen atoms in total. The fraction of sp³-hybridized carbons (Fsp3) is 0.346. The molecule has 34 heavy (non-hydrogen) atoms. The van der Waals surface area contributed by atoms with Crippen molar-refractivity contribution in [3.05, 3.63) is 69.7 Å². The van der Waals surface area contributed by atoms with Gasteiger partial charge in [0, 0.05) is 30.1 Å². The van der Waals surface area contributed by atoms with Gasteiger partial charge >= 0.3 is 5.97 Å². The summed E-state index contributed by atoms with van der Waals surface area (Å²) in [4.78, 5) is 17.4. The van der Waals surface area contributed by atoms with Crippen LogP contribution in [0.15, 0.2) is 47.1 Å². The minimum atomic E-state index is -1.01. The molecular weight excluding hydrogens is 473 g/mol. The first-order valence-electron chi connectivity index (χ1n) is 11.5. The predicted octanol–water partition coefficient (Wildman–Crippen LogP) is 6.69. The van der Waals surface area contributed by atoms with Gasteiger partial charge in [0.2, 0.25) is 0 Å². The number of benzene rings is 1. The minimum absolute atomic E-state index is 0.0680. The highest BCUT2D eigenvalue weighted by atomic mass is 35.5. The summed E-state index contributed by atoms with van der Waals surface area (Å²) in [5.41, 5.74) is 5.05. The summed E-state index contributed by atoms with van der Waals surface area (Å²) in [6.45, 7) is 1.81. The molecule has 1 saturated carbocycles. The Bertz CT molecular complexity index is 1280. The quantitative estimate of drug-likeness (QED) is 0.424. The number of allylic oxidation sites excluding steroid dienone is 2. The third kappa shape index (κ3) is 3.69. The number of hydrogen-bond acceptors (Lipinski definition) is 5. The molecule has 1 aliphatic heterocycles. The SMILES string of the molecule is O=C(O)c1ccc(N2CCC3(C=C(c4c(-c5c(Cl)cccc5Cl)noc4C4CC4)C3)CC2)cn1. The van der Waals surface area contributed by atoms with E-state index in [4.69, 9.17) is 32.8 Å². The lowest BCUT2D eigenvalue weighted by atomic mass is 9.63. The molecule has 3 aliphatic rings. The van der Waals surface area contributed by atoms with E-state index < -0.39 is 5.97 Å². The number of piperidine rings is 1. The Morgan fingerprint density at radius 1 is 1.09 bits per heavy atom. The first-order chi connectivity index (χ1) is 16.4. The van der Waals surface area contributed by atoms with Crippen LogP contribution in [0.1, 0.15) is 59.8 Å². The molecule has 0 radical (unpaired) electrons. The molecular formula is C26H23Cl2N3O3. The highest BCUT2D eigenvalue weighted by Gasteiger charge is 2.44. The Kier molecular flexibility index (Phi) is 5.19. The summed E-state index contributed by atoms with van der Waals surface area (Å²) >= 11 is 13.0. The summed E-state index contributed by atoms with van der Waals surface area (Å²) in [7, 11) is 0. The van der Waals surface area contributed by atoms with E-state index >= 15 is 0 Å². The molecule has 1 spiro atoms. The van der Waals surface area contributed by atoms with Gasteiger partial charge in [-0.3, -0.25) is 0 Å². The fourth-order valence-electron chi connectivity index (χ4n) is 5.24. The molecule has 174 valence electrons. The van der Waals surface area contributed by atoms with Crippen LogP contribution in [0.3, 0.4) is 0 Å². The van der Waals surface area contributed by atoms with Crippen molar-refractivity contribution in [2.75, 3.05) is 18.0 Å². The van der Waals surface area contributed by atoms with Crippen molar-refractivity contribution in [1.82, 2.24) is 10.1 Å². The topological polar surface area (TPSA) is 79.5 Å². The normalized spacial score (nSPS) is 19.1. The number of rotatable bonds is 5. The Labute approximate surface area is 207 Å². The summed E-state index contributed by atoms with van der Waals surface area (Å²) in [6.07, 6.45) is 9.35. The lowest BCUT2D eigenvalue weighted by Gasteiger charge is -2.46. The molecule has 3 heterocycles. The second-order valence-electron chi connectivity index (χ2n) is 9.54. The molecule has 0 atom stereocenters. The molecule has 1 N–H and O–H groups in total. The average Bonchev–Trinajstić information content (AvgIpc) is 3.57. The van der Waals surface area contributed by atoms with Gasteiger partial charge in [0.1, 0.15) is 17.1 Å². The molecule has 1 aromatic carbocycles. The van der Waals surface area contributed by atoms with Crippen molar-refractivity contribution in [2.24, 2.45) is 5.41 Å². The Balaban J connectivity index is 1.25. The summed E-state index contributed by atoms with van der Waals surface area (Å²) in [5, 5.41) is 14.7. The Hall–Kier alpha value is -2.83. The number of carboxylic acids is 1. The zero-order chi connectivity index (χ0) is 23.4. The number of aromatic nitrogens is 2. The van der Waals surface area contributed by atoms with E-state index in [9.17, 15) is 4.79 Å². The number of carboxylic acid groups (broad SMARTS) is 1. The maximum Gasteiger partial charge on any atom is 0.354 e. The first kappa shape index (κ1) is 21.7. The largest absolute Gasteiger partial charge is 0.477 e. The zero-order valence-electron chi connectivity index (χ0n) is 18.4. The molecule has 0 amide bonds. The highest BCUT2D eigenvalue weighted by molar-refractivity contribution is 6.39. The zero-order valence-corrected chi connectivity index (χ0v) is 19.9. The Morgan fingerprint density at radius 3 is 2.38 bits per heavy atom. The van der Waals surface area contributed by atoms with Crippen LogP contribution >= 0.6 is 23.2 Å². The fourth-order valence-corrected chi connectivity index (χ4v) is 5.82. The third-order valence-electron chi connectivity index (χ3n) is 7.30. The summed E-state index contributed by atoms with van der Waals surface area (Å²) < 4.78 is 5.85. The van der Waals surface area contributed by atoms with Gasteiger partial charge in [-0.1, -0.05) is 40.5 Å². The van der Waals surface area contributed by atoms with Crippen LogP contribution in [0.4, 0.5) is 5.69 Å². The van der Waals surface area contributed by atoms with Gasteiger partial charge in [0.25, 0.3) is 0 Å². The van der Waals surface area contributed by atoms with Gasteiger partial charge in [0.15, 0.2) is 0 Å². The lowest BCUT2D eigenvalue weighted by molar-refractivity contribution is 0.0690. The van der Waals surface area contributed by atoms with Gasteiger partial charge in [-0.05, 0) is 67.4 Å². The van der Waals surface area contributed by atoms with E-state index in [0.717, 1.165) is 73.5 Å². The molecule has 8 heteroatoms. The number of nitrogens with zero attached hydrogens (tertiary/aromatic N) is 3. The molecule has 2 aliphatic carbocycles. The van der Waals surface area contributed by atoms with E-state index in [1.807, 2.05) is 24.3 Å². The minimum Gasteiger partial charge on any atom is -0.477 e. The van der Waals surface area contributed by atoms with Crippen molar-refractivity contribution in [3.63, 3.8) is 0 Å². The standard InChI is InChI=1S/C26H23Cl2N3O3/c27-18-2-1-3-19(28)22(18)23-21(24(34-30-23)15-4-5-15)16-12-26(13-16)8-10-31(11-9-26)17-6-7-20(25(32)33)29-14-17/h1-3,6-7,12,14-15H,4-5,8-11,13H2,(H,32,33). The summed E-state index contributed by atoms with van der Waals surface area (Å²) in [6, 6.07) is 8.92. The van der Waals surface area contributed by atoms with E-state index in [1.165, 1.54) is 5.57 Å². The highest BCUT2D eigenvalue weighted by Crippen LogP contribution is 2.56. The monoisotopic (exact) mass is 495 g/mol. The van der Waals surface area contributed by atoms with Gasteiger partial charge < -0.3 is 14.5 Å². The number of halogens is 2. The van der Waals surface area contributed by atoms with Crippen molar-refractivity contribution >= 4 is 40.4 Å². The third-order valence-corrected chi connectivity index (χ3v) is 7.93. The van der Waals surface area contributed by atoms with E-state index in [2.05, 4.69) is 21.1 Å². The van der Waals surface area contributed by atoms with Gasteiger partial charge in [-0.15, -0.1) is 0 Å². The van der Waals surface area contributed by atoms with Crippen LogP contribution in [-0.2, 0) is 0 Å². The number of carbonyl (C=O) groups is 1. The second-order valence-corrected chi connectivity index (χ2v) is 10.4. The van der Waals surface area contributed by atoms with E-state index in [-0.39, 0.29) is 11.1 Å². The van der Waals surface area contributed by atoms with Crippen LogP contribution in [0.25, 0.3) is 16.8 Å². The lowest BCUT2D eigenvalue weighted by Crippen LogP contribution is -2.42. The Morgan fingerprint density at radius 2 is 1.79 bits per heavy atom. The van der Waals surface area contributed by atoms with Gasteiger partial charge in [0.05, 0.1) is 21.9 Å². The molecule has 0 unspecified atom stereocenters. The molecule has 2 aromatic heterocycles. The van der Waals surface area contributed by atoms with Gasteiger partial charge in [-0.25, -0.2) is 9.78 Å². The number of hydrogen-bond donors (Lipinski definition) is 1. The van der Waals surface area contributed by atoms with Gasteiger partial charge in [-0.2, -0.15) is 0 Å². The molecule has 2 fully saturated rings. The first-order valence-corrected chi connectivity index (χ1v) is 12.3. The van der Waals surface area contributed by atoms with Crippen molar-refractivity contribution in [3.8, 4) is 11.3 Å². The molecule has 6 rings (SSSR count). The maximum atomic E-state index is 11.1. The smallest absolute Gasteiger partial charge is 0.354 e. The van der Waals surface area contributed by atoms with Crippen molar-refractivity contribution in [1.29, 1.82) is 0 Å². The predicted molar refractivity (Wildman–Crippen MR) is 132 cm³/mol. The van der Waals surface area contributed by atoms with Crippen LogP contribution < -0.4 is 4.90 Å². The summed E-state index contributed by atoms with van der Waals surface area (Å²) in [5.74, 6) is 0.389. The van der Waals surface area contributed by atoms with Crippen LogP contribution in [0.5, 0.6) is 0 Å². The van der Waals surface area contributed by atoms with Crippen LogP contribution in [-0.4, -0.2) is 34.3 Å². The number of anilines is 1. The molecule has 0 bridgehead atoms. The van der Waals surface area contributed by atoms with Crippen LogP contribution in [0.2, 0.25) is 10.0 Å². The van der Waals surface area contributed by atoms with E-state index in [0.29, 0.717) is 16.0 Å².